The third kappa shape index (κ3) is 5.11. The zero-order valence-corrected chi connectivity index (χ0v) is 17.2. The van der Waals surface area contributed by atoms with E-state index in [0.29, 0.717) is 0 Å². The summed E-state index contributed by atoms with van der Waals surface area (Å²) in [4.78, 5) is 0. The van der Waals surface area contributed by atoms with E-state index in [1.807, 2.05) is 50.8 Å². The summed E-state index contributed by atoms with van der Waals surface area (Å²) in [5.74, 6) is 0. The van der Waals surface area contributed by atoms with Gasteiger partial charge in [0.2, 0.25) is 6.29 Å². The van der Waals surface area contributed by atoms with Crippen LogP contribution in [0.2, 0.25) is 0 Å². The molecule has 0 aliphatic heterocycles. The Morgan fingerprint density at radius 1 is 0.760 bits per heavy atom. The summed E-state index contributed by atoms with van der Waals surface area (Å²) in [6.07, 6.45) is 8.51. The molecule has 0 fully saturated rings. The van der Waals surface area contributed by atoms with Gasteiger partial charge in [-0.1, -0.05) is 20.8 Å². The average molecular weight is 424 g/mol. The molecule has 0 N–H and O–H groups in total. The number of hydrogen-bond acceptors (Lipinski definition) is 3. The molecule has 9 heteroatoms. The SMILES string of the molecule is CCc1ccn(C(n2ccc(CC)n2)n2ccc(CC)n2)n1.[Cl][Mn][Cl]. The van der Waals surface area contributed by atoms with Gasteiger partial charge in [0.25, 0.3) is 0 Å². The summed E-state index contributed by atoms with van der Waals surface area (Å²) in [6, 6.07) is 6.13. The molecular formula is C16H22Cl2MnN6. The van der Waals surface area contributed by atoms with E-state index in [1.165, 1.54) is 0 Å². The van der Waals surface area contributed by atoms with Gasteiger partial charge in [-0.15, -0.1) is 0 Å². The summed E-state index contributed by atoms with van der Waals surface area (Å²) in [5.41, 5.74) is 3.20. The molecule has 0 aliphatic carbocycles. The second-order valence-electron chi connectivity index (χ2n) is 5.32. The van der Waals surface area contributed by atoms with Crippen LogP contribution in [0.4, 0.5) is 0 Å². The normalized spacial score (nSPS) is 10.8. The van der Waals surface area contributed by atoms with Crippen molar-refractivity contribution < 1.29 is 13.1 Å². The van der Waals surface area contributed by atoms with E-state index in [2.05, 4.69) is 36.1 Å². The van der Waals surface area contributed by atoms with Crippen LogP contribution in [0, 0.1) is 0 Å². The maximum absolute atomic E-state index is 4.80. The topological polar surface area (TPSA) is 53.5 Å². The van der Waals surface area contributed by atoms with Crippen molar-refractivity contribution >= 4 is 20.2 Å². The van der Waals surface area contributed by atoms with Gasteiger partial charge < -0.3 is 0 Å². The van der Waals surface area contributed by atoms with Gasteiger partial charge in [0.1, 0.15) is 0 Å². The van der Waals surface area contributed by atoms with Crippen molar-refractivity contribution in [2.24, 2.45) is 0 Å². The number of hydrogen-bond donors (Lipinski definition) is 0. The van der Waals surface area contributed by atoms with Gasteiger partial charge in [0.15, 0.2) is 0 Å². The molecule has 0 atom stereocenters. The van der Waals surface area contributed by atoms with Gasteiger partial charge in [-0.2, -0.15) is 15.3 Å². The molecule has 0 unspecified atom stereocenters. The van der Waals surface area contributed by atoms with Crippen LogP contribution in [0.25, 0.3) is 0 Å². The van der Waals surface area contributed by atoms with Gasteiger partial charge in [-0.25, -0.2) is 14.0 Å². The van der Waals surface area contributed by atoms with Crippen molar-refractivity contribution in [1.29, 1.82) is 0 Å². The first-order valence-corrected chi connectivity index (χ1v) is 11.4. The molecular weight excluding hydrogens is 402 g/mol. The van der Waals surface area contributed by atoms with E-state index in [1.54, 1.807) is 0 Å². The molecule has 0 saturated carbocycles. The quantitative estimate of drug-likeness (QED) is 0.565. The Labute approximate surface area is 162 Å². The number of nitrogens with zero attached hydrogens (tertiary/aromatic N) is 6. The molecule has 137 valence electrons. The maximum atomic E-state index is 4.80. The first kappa shape index (κ1) is 20.0. The molecule has 0 saturated heterocycles. The van der Waals surface area contributed by atoms with E-state index in [-0.39, 0.29) is 19.4 Å². The number of aromatic nitrogens is 6. The molecule has 0 aromatic carbocycles. The van der Waals surface area contributed by atoms with Crippen LogP contribution < -0.4 is 0 Å². The third-order valence-corrected chi connectivity index (χ3v) is 3.79. The Morgan fingerprint density at radius 2 is 1.04 bits per heavy atom. The minimum atomic E-state index is -0.208. The zero-order chi connectivity index (χ0) is 18.2. The van der Waals surface area contributed by atoms with Crippen molar-refractivity contribution in [3.05, 3.63) is 53.9 Å². The Balaban J connectivity index is 0.000000701. The fourth-order valence-corrected chi connectivity index (χ4v) is 2.45. The van der Waals surface area contributed by atoms with Crippen LogP contribution in [-0.2, 0) is 32.4 Å². The summed E-state index contributed by atoms with van der Waals surface area (Å²) in [5, 5.41) is 13.9. The van der Waals surface area contributed by atoms with E-state index in [9.17, 15) is 0 Å². The van der Waals surface area contributed by atoms with Crippen molar-refractivity contribution in [3.8, 4) is 0 Å². The molecule has 0 radical (unpaired) electrons. The number of aryl methyl sites for hydroxylation is 3. The second-order valence-corrected chi connectivity index (χ2v) is 7.27. The van der Waals surface area contributed by atoms with Crippen LogP contribution in [-0.4, -0.2) is 29.3 Å². The first-order chi connectivity index (χ1) is 12.2. The van der Waals surface area contributed by atoms with Crippen LogP contribution >= 0.6 is 20.2 Å². The van der Waals surface area contributed by atoms with Crippen molar-refractivity contribution in [2.75, 3.05) is 0 Å². The summed E-state index contributed by atoms with van der Waals surface area (Å²) < 4.78 is 5.74. The van der Waals surface area contributed by atoms with E-state index in [4.69, 9.17) is 20.2 Å². The molecule has 3 rings (SSSR count). The van der Waals surface area contributed by atoms with E-state index < -0.39 is 0 Å². The second kappa shape index (κ2) is 10.0. The van der Waals surface area contributed by atoms with E-state index >= 15 is 0 Å². The first-order valence-electron chi connectivity index (χ1n) is 8.15. The van der Waals surface area contributed by atoms with Crippen molar-refractivity contribution in [2.45, 2.75) is 46.3 Å². The zero-order valence-electron chi connectivity index (χ0n) is 14.5. The van der Waals surface area contributed by atoms with Gasteiger partial charge in [-0.3, -0.25) is 0 Å². The van der Waals surface area contributed by atoms with Gasteiger partial charge in [-0.05, 0) is 37.5 Å². The molecule has 6 nitrogen and oxygen atoms in total. The minimum absolute atomic E-state index is 0.00694. The molecule has 0 bridgehead atoms. The summed E-state index contributed by atoms with van der Waals surface area (Å²) >= 11 is 0.00694. The summed E-state index contributed by atoms with van der Waals surface area (Å²) in [6.45, 7) is 6.32. The molecule has 0 spiro atoms. The number of halogens is 2. The Hall–Kier alpha value is -1.27. The average Bonchev–Trinajstić information content (AvgIpc) is 3.37. The molecule has 3 aromatic heterocycles. The fourth-order valence-electron chi connectivity index (χ4n) is 2.45. The predicted octanol–water partition coefficient (Wildman–Crippen LogP) is 3.89. The molecule has 0 amide bonds. The van der Waals surface area contributed by atoms with Gasteiger partial charge in [0, 0.05) is 18.6 Å². The molecule has 0 aliphatic rings. The van der Waals surface area contributed by atoms with Gasteiger partial charge in [0.05, 0.1) is 17.1 Å². The third-order valence-electron chi connectivity index (χ3n) is 3.79. The molecule has 3 heterocycles. The van der Waals surface area contributed by atoms with Crippen LogP contribution in [0.5, 0.6) is 0 Å². The van der Waals surface area contributed by atoms with Crippen LogP contribution in [0.3, 0.4) is 0 Å². The molecule has 25 heavy (non-hydrogen) atoms. The number of rotatable bonds is 6. The predicted molar refractivity (Wildman–Crippen MR) is 96.4 cm³/mol. The summed E-state index contributed by atoms with van der Waals surface area (Å²) in [7, 11) is 9.59. The standard InChI is InChI=1S/C16H22N6.2ClH.Mn/c1-4-13-7-10-20(17-13)16(21-11-8-14(5-2)18-21)22-12-9-15(6-3)19-22;;;/h7-12,16H,4-6H2,1-3H3;2*1H;/q;;;+2/p-2. The monoisotopic (exact) mass is 423 g/mol. The Morgan fingerprint density at radius 3 is 1.24 bits per heavy atom. The van der Waals surface area contributed by atoms with Crippen molar-refractivity contribution in [3.63, 3.8) is 0 Å². The van der Waals surface area contributed by atoms with E-state index in [0.717, 1.165) is 36.3 Å². The molecule has 3 aromatic rings. The van der Waals surface area contributed by atoms with Crippen molar-refractivity contribution in [1.82, 2.24) is 29.3 Å². The Bertz CT molecular complexity index is 666. The van der Waals surface area contributed by atoms with Crippen LogP contribution in [0.1, 0.15) is 44.1 Å². The van der Waals surface area contributed by atoms with Crippen LogP contribution in [0.15, 0.2) is 36.8 Å². The van der Waals surface area contributed by atoms with Gasteiger partial charge >= 0.3 is 33.3 Å². The Kier molecular flexibility index (Phi) is 8.03. The fraction of sp³-hybridized carbons (Fsp3) is 0.438.